The smallest absolute Gasteiger partial charge is 0.332 e. The summed E-state index contributed by atoms with van der Waals surface area (Å²) in [4.78, 5) is 25.2. The van der Waals surface area contributed by atoms with Gasteiger partial charge in [0.25, 0.3) is 0 Å². The number of ether oxygens (including phenoxy) is 3. The Kier molecular flexibility index (Phi) is 7.42. The average molecular weight is 465 g/mol. The van der Waals surface area contributed by atoms with Crippen LogP contribution >= 0.6 is 24.4 Å². The molecule has 2 N–H and O–H groups in total. The Morgan fingerprint density at radius 3 is 2.39 bits per heavy atom. The number of hydrogen-bond donors (Lipinski definition) is 3. The van der Waals surface area contributed by atoms with Gasteiger partial charge < -0.3 is 19.5 Å². The summed E-state index contributed by atoms with van der Waals surface area (Å²) in [5, 5.41) is 5.78. The molecule has 0 spiro atoms. The second-order valence-electron chi connectivity index (χ2n) is 6.08. The van der Waals surface area contributed by atoms with Crippen molar-refractivity contribution in [3.05, 3.63) is 30.5 Å². The molecule has 12 heteroatoms. The van der Waals surface area contributed by atoms with Crippen molar-refractivity contribution in [2.45, 2.75) is 0 Å². The molecule has 1 aromatic carbocycles. The van der Waals surface area contributed by atoms with Crippen LogP contribution in [0.3, 0.4) is 0 Å². The number of carbonyl (C=O) groups excluding carboxylic acids is 1. The van der Waals surface area contributed by atoms with Crippen molar-refractivity contribution in [1.29, 1.82) is 0 Å². The summed E-state index contributed by atoms with van der Waals surface area (Å²) < 4.78 is 17.2. The number of methoxy groups -OCH3 is 3. The maximum Gasteiger partial charge on any atom is 0.332 e. The van der Waals surface area contributed by atoms with Crippen molar-refractivity contribution in [2.24, 2.45) is 0 Å². The maximum absolute atomic E-state index is 12.1. The molecular weight excluding hydrogens is 444 g/mol. The fraction of sp³-hybridized carbons (Fsp3) is 0.263. The molecule has 10 nitrogen and oxygen atoms in total. The van der Waals surface area contributed by atoms with E-state index in [2.05, 4.69) is 38.4 Å². The predicted octanol–water partition coefficient (Wildman–Crippen LogP) is 3.71. The molecule has 0 aliphatic rings. The summed E-state index contributed by atoms with van der Waals surface area (Å²) in [5.74, 6) is 2.49. The molecule has 3 rings (SSSR count). The highest BCUT2D eigenvalue weighted by atomic mass is 35.5. The molecule has 2 heterocycles. The number of amides is 2. The van der Waals surface area contributed by atoms with Gasteiger partial charge in [0.2, 0.25) is 5.75 Å². The predicted molar refractivity (Wildman–Crippen MR) is 122 cm³/mol. The first-order valence-electron chi connectivity index (χ1n) is 9.03. The summed E-state index contributed by atoms with van der Waals surface area (Å²) in [6, 6.07) is 6.38. The van der Waals surface area contributed by atoms with Crippen LogP contribution in [0, 0.1) is 0 Å². The Hall–Kier alpha value is -3.18. The van der Waals surface area contributed by atoms with Gasteiger partial charge in [0.1, 0.15) is 11.3 Å². The first-order valence-corrected chi connectivity index (χ1v) is 9.96. The minimum atomic E-state index is -0.449. The van der Waals surface area contributed by atoms with Crippen LogP contribution in [0.2, 0.25) is 0 Å². The van der Waals surface area contributed by atoms with E-state index in [0.29, 0.717) is 45.7 Å². The maximum atomic E-state index is 12.1. The number of nitrogens with one attached hydrogen (secondary N) is 2. The number of hydrogen-bond acceptors (Lipinski definition) is 9. The van der Waals surface area contributed by atoms with Crippen LogP contribution in [0.4, 0.5) is 22.1 Å². The normalized spacial score (nSPS) is 10.5. The van der Waals surface area contributed by atoms with Crippen LogP contribution in [-0.2, 0) is 0 Å². The second kappa shape index (κ2) is 10.2. The van der Waals surface area contributed by atoms with Crippen molar-refractivity contribution in [3.63, 3.8) is 0 Å². The van der Waals surface area contributed by atoms with E-state index in [1.54, 1.807) is 30.5 Å². The lowest BCUT2D eigenvalue weighted by atomic mass is 10.2. The zero-order valence-electron chi connectivity index (χ0n) is 17.0. The molecule has 2 aromatic heterocycles. The third-order valence-electron chi connectivity index (χ3n) is 4.11. The van der Waals surface area contributed by atoms with Crippen molar-refractivity contribution < 1.29 is 19.0 Å². The number of benzene rings is 1. The van der Waals surface area contributed by atoms with E-state index in [1.807, 2.05) is 0 Å². The Bertz CT molecular complexity index is 1060. The lowest BCUT2D eigenvalue weighted by Gasteiger charge is -2.15. The van der Waals surface area contributed by atoms with Crippen LogP contribution in [-0.4, -0.2) is 59.0 Å². The minimum Gasteiger partial charge on any atom is -0.493 e. The summed E-state index contributed by atoms with van der Waals surface area (Å²) >= 11 is 9.70. The first-order chi connectivity index (χ1) is 15.0. The topological polar surface area (TPSA) is 111 Å². The highest BCUT2D eigenvalue weighted by molar-refractivity contribution is 7.78. The molecule has 0 aliphatic carbocycles. The third-order valence-corrected chi connectivity index (χ3v) is 4.66. The Labute approximate surface area is 189 Å². The molecule has 0 bridgehead atoms. The molecule has 0 aliphatic heterocycles. The molecule has 2 amide bonds. The number of anilines is 3. The summed E-state index contributed by atoms with van der Waals surface area (Å²) in [6.45, 7) is 0.284. The van der Waals surface area contributed by atoms with Gasteiger partial charge in [0.15, 0.2) is 23.0 Å². The Balaban J connectivity index is 1.86. The molecule has 164 valence electrons. The molecule has 0 fully saturated rings. The van der Waals surface area contributed by atoms with Crippen molar-refractivity contribution >= 4 is 58.9 Å². The van der Waals surface area contributed by atoms with Crippen LogP contribution < -0.4 is 24.8 Å². The first kappa shape index (κ1) is 22.5. The van der Waals surface area contributed by atoms with Crippen LogP contribution in [0.1, 0.15) is 0 Å². The van der Waals surface area contributed by atoms with Crippen LogP contribution in [0.25, 0.3) is 11.2 Å². The molecule has 0 unspecified atom stereocenters. The molecule has 0 saturated heterocycles. The SMILES string of the molecule is COc1cc(Nc2cnc3ccc(NC(=O)N(S)CCCl)nc3n2)cc(OC)c1OC. The number of nitrogens with zero attached hydrogens (tertiary/aromatic N) is 4. The van der Waals surface area contributed by atoms with Gasteiger partial charge in [-0.2, -0.15) is 0 Å². The summed E-state index contributed by atoms with van der Waals surface area (Å²) in [6.07, 6.45) is 1.57. The lowest BCUT2D eigenvalue weighted by Crippen LogP contribution is -2.29. The van der Waals surface area contributed by atoms with Gasteiger partial charge in [-0.05, 0) is 12.1 Å². The van der Waals surface area contributed by atoms with E-state index in [4.69, 9.17) is 25.8 Å². The molecular formula is C19H21ClN6O4S. The van der Waals surface area contributed by atoms with Crippen LogP contribution in [0.15, 0.2) is 30.5 Å². The van der Waals surface area contributed by atoms with Gasteiger partial charge in [-0.25, -0.2) is 19.7 Å². The molecule has 31 heavy (non-hydrogen) atoms. The van der Waals surface area contributed by atoms with Gasteiger partial charge >= 0.3 is 6.03 Å². The van der Waals surface area contributed by atoms with Crippen molar-refractivity contribution in [3.8, 4) is 17.2 Å². The summed E-state index contributed by atoms with van der Waals surface area (Å²) in [7, 11) is 4.61. The molecule has 0 radical (unpaired) electrons. The van der Waals surface area contributed by atoms with Crippen molar-refractivity contribution in [1.82, 2.24) is 19.3 Å². The number of fused-ring (bicyclic) bond motifs is 1. The number of urea groups is 1. The largest absolute Gasteiger partial charge is 0.493 e. The highest BCUT2D eigenvalue weighted by Gasteiger charge is 2.14. The number of thiol groups is 1. The van der Waals surface area contributed by atoms with Crippen LogP contribution in [0.5, 0.6) is 17.2 Å². The standard InChI is InChI=1S/C19H21ClN6O4S/c1-28-13-8-11(9-14(29-2)17(13)30-3)22-16-10-21-12-4-5-15(23-18(12)24-16)25-19(27)26(31)7-6-20/h4-5,8-10,31H,6-7H2,1-3H3,(H2,22,23,24,25,27). The van der Waals surface area contributed by atoms with E-state index >= 15 is 0 Å². The van der Waals surface area contributed by atoms with E-state index in [-0.39, 0.29) is 12.4 Å². The molecule has 3 aromatic rings. The fourth-order valence-electron chi connectivity index (χ4n) is 2.68. The fourth-order valence-corrected chi connectivity index (χ4v) is 3.12. The Morgan fingerprint density at radius 1 is 1.10 bits per heavy atom. The minimum absolute atomic E-state index is 0.267. The lowest BCUT2D eigenvalue weighted by molar-refractivity contribution is 0.240. The number of pyridine rings is 1. The quantitative estimate of drug-likeness (QED) is 0.342. The molecule has 0 atom stereocenters. The van der Waals surface area contributed by atoms with Crippen molar-refractivity contribution in [2.75, 3.05) is 44.4 Å². The zero-order valence-corrected chi connectivity index (χ0v) is 18.7. The number of halogens is 1. The summed E-state index contributed by atoms with van der Waals surface area (Å²) in [5.41, 5.74) is 1.56. The van der Waals surface area contributed by atoms with E-state index in [9.17, 15) is 4.79 Å². The third kappa shape index (κ3) is 5.30. The van der Waals surface area contributed by atoms with Gasteiger partial charge in [0, 0.05) is 30.2 Å². The Morgan fingerprint density at radius 2 is 1.77 bits per heavy atom. The van der Waals surface area contributed by atoms with Gasteiger partial charge in [0.05, 0.1) is 27.5 Å². The van der Waals surface area contributed by atoms with Gasteiger partial charge in [-0.3, -0.25) is 9.62 Å². The number of aromatic nitrogens is 3. The second-order valence-corrected chi connectivity index (χ2v) is 6.94. The average Bonchev–Trinajstić information content (AvgIpc) is 2.78. The number of rotatable bonds is 8. The van der Waals surface area contributed by atoms with Gasteiger partial charge in [-0.1, -0.05) is 12.8 Å². The highest BCUT2D eigenvalue weighted by Crippen LogP contribution is 2.40. The zero-order chi connectivity index (χ0) is 22.4. The number of carbonyl (C=O) groups is 1. The van der Waals surface area contributed by atoms with Gasteiger partial charge in [-0.15, -0.1) is 11.6 Å². The monoisotopic (exact) mass is 464 g/mol. The number of alkyl halides is 1. The van der Waals surface area contributed by atoms with E-state index < -0.39 is 6.03 Å². The molecule has 0 saturated carbocycles. The van der Waals surface area contributed by atoms with E-state index in [1.165, 1.54) is 21.3 Å². The van der Waals surface area contributed by atoms with E-state index in [0.717, 1.165) is 4.31 Å².